The van der Waals surface area contributed by atoms with Gasteiger partial charge in [-0.25, -0.2) is 4.39 Å². The number of hydrogen-bond acceptors (Lipinski definition) is 2. The fourth-order valence-electron chi connectivity index (χ4n) is 1.64. The smallest absolute Gasteiger partial charge is 0.191 e. The lowest BCUT2D eigenvalue weighted by molar-refractivity contribution is 0.618. The number of benzene rings is 1. The first kappa shape index (κ1) is 15.0. The molecule has 0 bridgehead atoms. The Balaban J connectivity index is 1.85. The van der Waals surface area contributed by atoms with Crippen LogP contribution in [0.15, 0.2) is 45.2 Å². The second-order valence-corrected chi connectivity index (χ2v) is 5.99. The van der Waals surface area contributed by atoms with Crippen molar-refractivity contribution in [1.82, 2.24) is 10.6 Å². The van der Waals surface area contributed by atoms with Gasteiger partial charge in [-0.2, -0.15) is 0 Å². The maximum Gasteiger partial charge on any atom is 0.191 e. The average Bonchev–Trinajstić information content (AvgIpc) is 2.96. The third-order valence-electron chi connectivity index (χ3n) is 2.68. The van der Waals surface area contributed by atoms with E-state index < -0.39 is 0 Å². The monoisotopic (exact) mass is 355 g/mol. The Morgan fingerprint density at radius 2 is 2.10 bits per heavy atom. The highest BCUT2D eigenvalue weighted by molar-refractivity contribution is 9.10. The van der Waals surface area contributed by atoms with Crippen LogP contribution in [0.2, 0.25) is 0 Å². The Morgan fingerprint density at radius 1 is 1.30 bits per heavy atom. The number of guanidine groups is 1. The number of nitrogens with zero attached hydrogens (tertiary/aromatic N) is 1. The van der Waals surface area contributed by atoms with Crippen LogP contribution in [0.1, 0.15) is 10.4 Å². The summed E-state index contributed by atoms with van der Waals surface area (Å²) in [6, 6.07) is 9.15. The molecule has 0 aliphatic carbocycles. The molecular formula is C14H15BrFN3S. The van der Waals surface area contributed by atoms with Crippen LogP contribution in [-0.2, 0) is 13.1 Å². The zero-order valence-corrected chi connectivity index (χ0v) is 13.4. The first-order chi connectivity index (χ1) is 9.69. The molecule has 1 aromatic heterocycles. The quantitative estimate of drug-likeness (QED) is 0.650. The molecule has 0 amide bonds. The van der Waals surface area contributed by atoms with Crippen LogP contribution in [0.3, 0.4) is 0 Å². The van der Waals surface area contributed by atoms with Gasteiger partial charge in [0, 0.05) is 18.5 Å². The van der Waals surface area contributed by atoms with E-state index in [0.29, 0.717) is 17.0 Å². The molecule has 2 N–H and O–H groups in total. The fraction of sp³-hybridized carbons (Fsp3) is 0.214. The molecule has 1 heterocycles. The third-order valence-corrected chi connectivity index (χ3v) is 4.20. The molecule has 0 atom stereocenters. The molecule has 3 nitrogen and oxygen atoms in total. The molecule has 0 spiro atoms. The molecule has 0 fully saturated rings. The largest absolute Gasteiger partial charge is 0.352 e. The van der Waals surface area contributed by atoms with Gasteiger partial charge in [0.05, 0.1) is 11.0 Å². The van der Waals surface area contributed by atoms with E-state index in [4.69, 9.17) is 0 Å². The van der Waals surface area contributed by atoms with E-state index in [9.17, 15) is 4.39 Å². The SMILES string of the molecule is CN=C(NCc1ccc(Br)c(F)c1)NCc1cccs1. The molecule has 0 aliphatic rings. The molecule has 2 rings (SSSR count). The van der Waals surface area contributed by atoms with E-state index in [1.54, 1.807) is 24.5 Å². The van der Waals surface area contributed by atoms with Gasteiger partial charge in [0.1, 0.15) is 5.82 Å². The second kappa shape index (κ2) is 7.40. The van der Waals surface area contributed by atoms with Crippen LogP contribution in [0.4, 0.5) is 4.39 Å². The Morgan fingerprint density at radius 3 is 2.75 bits per heavy atom. The molecule has 2 aromatic rings. The zero-order chi connectivity index (χ0) is 14.4. The first-order valence-electron chi connectivity index (χ1n) is 6.10. The number of aliphatic imine (C=N–C) groups is 1. The maximum atomic E-state index is 13.4. The van der Waals surface area contributed by atoms with E-state index in [-0.39, 0.29) is 5.82 Å². The van der Waals surface area contributed by atoms with Gasteiger partial charge in [0.2, 0.25) is 0 Å². The van der Waals surface area contributed by atoms with Crippen molar-refractivity contribution < 1.29 is 4.39 Å². The highest BCUT2D eigenvalue weighted by Crippen LogP contribution is 2.16. The van der Waals surface area contributed by atoms with Gasteiger partial charge >= 0.3 is 0 Å². The minimum atomic E-state index is -0.258. The van der Waals surface area contributed by atoms with Crippen LogP contribution in [0, 0.1) is 5.82 Å². The van der Waals surface area contributed by atoms with Gasteiger partial charge in [-0.15, -0.1) is 11.3 Å². The zero-order valence-electron chi connectivity index (χ0n) is 11.0. The second-order valence-electron chi connectivity index (χ2n) is 4.11. The summed E-state index contributed by atoms with van der Waals surface area (Å²) in [5, 5.41) is 8.41. The number of rotatable bonds is 4. The predicted octanol–water partition coefficient (Wildman–Crippen LogP) is 3.51. The molecule has 0 saturated carbocycles. The summed E-state index contributed by atoms with van der Waals surface area (Å²) in [7, 11) is 1.71. The number of halogens is 2. The van der Waals surface area contributed by atoms with Gasteiger partial charge < -0.3 is 10.6 Å². The number of thiophene rings is 1. The van der Waals surface area contributed by atoms with Crippen molar-refractivity contribution in [2.75, 3.05) is 7.05 Å². The van der Waals surface area contributed by atoms with Gasteiger partial charge in [-0.3, -0.25) is 4.99 Å². The number of hydrogen-bond donors (Lipinski definition) is 2. The lowest BCUT2D eigenvalue weighted by atomic mass is 10.2. The average molecular weight is 356 g/mol. The summed E-state index contributed by atoms with van der Waals surface area (Å²) >= 11 is 4.83. The molecule has 0 radical (unpaired) electrons. The van der Waals surface area contributed by atoms with E-state index in [0.717, 1.165) is 12.1 Å². The van der Waals surface area contributed by atoms with Gasteiger partial charge in [0.25, 0.3) is 0 Å². The molecule has 6 heteroatoms. The Hall–Kier alpha value is -1.40. The van der Waals surface area contributed by atoms with E-state index in [2.05, 4.69) is 37.6 Å². The van der Waals surface area contributed by atoms with Crippen LogP contribution in [0.25, 0.3) is 0 Å². The topological polar surface area (TPSA) is 36.4 Å². The fourth-order valence-corrected chi connectivity index (χ4v) is 2.53. The molecular weight excluding hydrogens is 341 g/mol. The highest BCUT2D eigenvalue weighted by Gasteiger charge is 2.02. The third kappa shape index (κ3) is 4.31. The Kier molecular flexibility index (Phi) is 5.55. The summed E-state index contributed by atoms with van der Waals surface area (Å²) in [6.07, 6.45) is 0. The normalized spacial score (nSPS) is 11.4. The van der Waals surface area contributed by atoms with Crippen molar-refractivity contribution in [2.45, 2.75) is 13.1 Å². The summed E-state index contributed by atoms with van der Waals surface area (Å²) in [6.45, 7) is 1.25. The van der Waals surface area contributed by atoms with Crippen molar-refractivity contribution in [3.63, 3.8) is 0 Å². The molecule has 0 saturated heterocycles. The highest BCUT2D eigenvalue weighted by atomic mass is 79.9. The van der Waals surface area contributed by atoms with Gasteiger partial charge in [-0.05, 0) is 45.1 Å². The first-order valence-corrected chi connectivity index (χ1v) is 7.77. The van der Waals surface area contributed by atoms with Gasteiger partial charge in [0.15, 0.2) is 5.96 Å². The Labute approximate surface area is 130 Å². The van der Waals surface area contributed by atoms with Crippen molar-refractivity contribution in [3.05, 3.63) is 56.4 Å². The summed E-state index contributed by atoms with van der Waals surface area (Å²) in [5.41, 5.74) is 0.866. The molecule has 0 aliphatic heterocycles. The molecule has 1 aromatic carbocycles. The van der Waals surface area contributed by atoms with Crippen LogP contribution in [0.5, 0.6) is 0 Å². The molecule has 106 valence electrons. The van der Waals surface area contributed by atoms with E-state index in [1.807, 2.05) is 17.5 Å². The maximum absolute atomic E-state index is 13.4. The summed E-state index contributed by atoms with van der Waals surface area (Å²) in [5.74, 6) is 0.438. The Bertz CT molecular complexity index is 584. The minimum absolute atomic E-state index is 0.258. The van der Waals surface area contributed by atoms with Crippen LogP contribution in [-0.4, -0.2) is 13.0 Å². The number of nitrogens with one attached hydrogen (secondary N) is 2. The van der Waals surface area contributed by atoms with E-state index >= 15 is 0 Å². The van der Waals surface area contributed by atoms with Gasteiger partial charge in [-0.1, -0.05) is 12.1 Å². The van der Waals surface area contributed by atoms with Crippen molar-refractivity contribution in [2.24, 2.45) is 4.99 Å². The summed E-state index contributed by atoms with van der Waals surface area (Å²) < 4.78 is 13.9. The predicted molar refractivity (Wildman–Crippen MR) is 85.5 cm³/mol. The lowest BCUT2D eigenvalue weighted by Gasteiger charge is -2.11. The molecule has 0 unspecified atom stereocenters. The van der Waals surface area contributed by atoms with E-state index in [1.165, 1.54) is 10.9 Å². The standard InChI is InChI=1S/C14H15BrFN3S/c1-17-14(19-9-11-3-2-6-20-11)18-8-10-4-5-12(15)13(16)7-10/h2-7H,8-9H2,1H3,(H2,17,18,19). The lowest BCUT2D eigenvalue weighted by Crippen LogP contribution is -2.36. The van der Waals surface area contributed by atoms with Crippen LogP contribution >= 0.6 is 27.3 Å². The van der Waals surface area contributed by atoms with Crippen molar-refractivity contribution in [3.8, 4) is 0 Å². The minimum Gasteiger partial charge on any atom is -0.352 e. The van der Waals surface area contributed by atoms with Crippen molar-refractivity contribution in [1.29, 1.82) is 0 Å². The summed E-state index contributed by atoms with van der Waals surface area (Å²) in [4.78, 5) is 5.38. The van der Waals surface area contributed by atoms with Crippen LogP contribution < -0.4 is 10.6 Å². The van der Waals surface area contributed by atoms with Crippen molar-refractivity contribution >= 4 is 33.2 Å². The molecule has 20 heavy (non-hydrogen) atoms.